The second kappa shape index (κ2) is 5.37. The first-order valence-corrected chi connectivity index (χ1v) is 6.39. The molecule has 17 heavy (non-hydrogen) atoms. The minimum Gasteiger partial charge on any atom is -0.331 e. The summed E-state index contributed by atoms with van der Waals surface area (Å²) in [5.41, 5.74) is 1.66. The van der Waals surface area contributed by atoms with E-state index in [4.69, 9.17) is 11.6 Å². The highest BCUT2D eigenvalue weighted by Crippen LogP contribution is 2.29. The number of nitrogens with zero attached hydrogens (tertiary/aromatic N) is 1. The molecule has 0 amide bonds. The first-order chi connectivity index (χ1) is 8.29. The third kappa shape index (κ3) is 2.22. The van der Waals surface area contributed by atoms with Gasteiger partial charge in [-0.3, -0.25) is 4.79 Å². The van der Waals surface area contributed by atoms with Gasteiger partial charge in [0.1, 0.15) is 5.15 Å². The number of unbranched alkanes of at least 4 members (excludes halogenated alkanes) is 2. The molecule has 0 unspecified atom stereocenters. The van der Waals surface area contributed by atoms with E-state index in [0.717, 1.165) is 30.2 Å². The highest BCUT2D eigenvalue weighted by molar-refractivity contribution is 6.34. The average molecular weight is 250 g/mol. The van der Waals surface area contributed by atoms with E-state index in [1.54, 1.807) is 0 Å². The van der Waals surface area contributed by atoms with E-state index in [-0.39, 0.29) is 0 Å². The average Bonchev–Trinajstić information content (AvgIpc) is 2.62. The van der Waals surface area contributed by atoms with Gasteiger partial charge >= 0.3 is 0 Å². The molecule has 0 aliphatic carbocycles. The highest BCUT2D eigenvalue weighted by atomic mass is 35.5. The van der Waals surface area contributed by atoms with Gasteiger partial charge in [0.05, 0.1) is 5.56 Å². The van der Waals surface area contributed by atoms with Crippen LogP contribution < -0.4 is 0 Å². The maximum absolute atomic E-state index is 11.1. The number of fused-ring (bicyclic) bond motifs is 1. The molecule has 0 aliphatic heterocycles. The van der Waals surface area contributed by atoms with Gasteiger partial charge < -0.3 is 4.57 Å². The van der Waals surface area contributed by atoms with Crippen LogP contribution in [0, 0.1) is 0 Å². The Kier molecular flexibility index (Phi) is 3.85. The molecule has 90 valence electrons. The Morgan fingerprint density at radius 1 is 1.29 bits per heavy atom. The highest BCUT2D eigenvalue weighted by Gasteiger charge is 2.13. The van der Waals surface area contributed by atoms with Crippen molar-refractivity contribution in [3.63, 3.8) is 0 Å². The van der Waals surface area contributed by atoms with E-state index in [9.17, 15) is 4.79 Å². The number of benzene rings is 1. The second-order valence-electron chi connectivity index (χ2n) is 4.20. The topological polar surface area (TPSA) is 22.0 Å². The fourth-order valence-corrected chi connectivity index (χ4v) is 2.47. The molecule has 2 rings (SSSR count). The summed E-state index contributed by atoms with van der Waals surface area (Å²) >= 11 is 6.26. The molecule has 2 nitrogen and oxygen atoms in total. The lowest BCUT2D eigenvalue weighted by Gasteiger charge is -2.06. The molecule has 0 saturated carbocycles. The van der Waals surface area contributed by atoms with E-state index < -0.39 is 0 Å². The van der Waals surface area contributed by atoms with Gasteiger partial charge in [-0.1, -0.05) is 49.6 Å². The standard InChI is InChI=1S/C14H16ClNO/c1-2-3-6-9-16-13-8-5-4-7-11(13)12(10-17)14(16)15/h4-5,7-8,10H,2-3,6,9H2,1H3. The summed E-state index contributed by atoms with van der Waals surface area (Å²) in [5, 5.41) is 1.52. The number of carbonyl (C=O) groups is 1. The molecule has 1 aromatic heterocycles. The Labute approximate surface area is 106 Å². The number of rotatable bonds is 5. The summed E-state index contributed by atoms with van der Waals surface area (Å²) in [6.07, 6.45) is 4.30. The molecule has 3 heteroatoms. The van der Waals surface area contributed by atoms with E-state index in [0.29, 0.717) is 10.7 Å². The maximum atomic E-state index is 11.1. The third-order valence-electron chi connectivity index (χ3n) is 3.05. The second-order valence-corrected chi connectivity index (χ2v) is 4.56. The first-order valence-electron chi connectivity index (χ1n) is 6.01. The molecular formula is C14H16ClNO. The predicted octanol–water partition coefficient (Wildman–Crippen LogP) is 4.30. The molecule has 0 saturated heterocycles. The Morgan fingerprint density at radius 3 is 2.76 bits per heavy atom. The van der Waals surface area contributed by atoms with Crippen LogP contribution in [0.2, 0.25) is 5.15 Å². The van der Waals surface area contributed by atoms with Crippen molar-refractivity contribution in [2.24, 2.45) is 0 Å². The zero-order chi connectivity index (χ0) is 12.3. The van der Waals surface area contributed by atoms with Crippen LogP contribution in [0.3, 0.4) is 0 Å². The summed E-state index contributed by atoms with van der Waals surface area (Å²) < 4.78 is 2.04. The fourth-order valence-electron chi connectivity index (χ4n) is 2.15. The van der Waals surface area contributed by atoms with Crippen molar-refractivity contribution >= 4 is 28.8 Å². The summed E-state index contributed by atoms with van der Waals surface area (Å²) in [7, 11) is 0. The van der Waals surface area contributed by atoms with E-state index >= 15 is 0 Å². The molecule has 0 bridgehead atoms. The van der Waals surface area contributed by atoms with Crippen molar-refractivity contribution < 1.29 is 4.79 Å². The van der Waals surface area contributed by atoms with Gasteiger partial charge in [0.15, 0.2) is 6.29 Å². The third-order valence-corrected chi connectivity index (χ3v) is 3.46. The lowest BCUT2D eigenvalue weighted by molar-refractivity contribution is 0.112. The molecular weight excluding hydrogens is 234 g/mol. The van der Waals surface area contributed by atoms with Crippen LogP contribution in [-0.4, -0.2) is 10.9 Å². The number of aryl methyl sites for hydroxylation is 1. The number of hydrogen-bond acceptors (Lipinski definition) is 1. The lowest BCUT2D eigenvalue weighted by Crippen LogP contribution is -1.97. The van der Waals surface area contributed by atoms with Gasteiger partial charge in [0.2, 0.25) is 0 Å². The summed E-state index contributed by atoms with van der Waals surface area (Å²) in [6.45, 7) is 3.05. The molecule has 0 atom stereocenters. The molecule has 1 heterocycles. The Morgan fingerprint density at radius 2 is 2.06 bits per heavy atom. The van der Waals surface area contributed by atoms with E-state index in [1.165, 1.54) is 12.8 Å². The van der Waals surface area contributed by atoms with Crippen molar-refractivity contribution in [3.05, 3.63) is 35.0 Å². The molecule has 2 aromatic rings. The molecule has 0 fully saturated rings. The summed E-state index contributed by atoms with van der Waals surface area (Å²) in [6, 6.07) is 7.87. The van der Waals surface area contributed by atoms with E-state index in [1.807, 2.05) is 28.8 Å². The van der Waals surface area contributed by atoms with Crippen molar-refractivity contribution in [1.82, 2.24) is 4.57 Å². The summed E-state index contributed by atoms with van der Waals surface area (Å²) in [5.74, 6) is 0. The van der Waals surface area contributed by atoms with Gasteiger partial charge in [-0.05, 0) is 12.5 Å². The Bertz CT molecular complexity index is 530. The SMILES string of the molecule is CCCCCn1c(Cl)c(C=O)c2ccccc21. The minimum absolute atomic E-state index is 0.567. The first kappa shape index (κ1) is 12.2. The van der Waals surface area contributed by atoms with Gasteiger partial charge in [-0.25, -0.2) is 0 Å². The van der Waals surface area contributed by atoms with Crippen LogP contribution in [0.5, 0.6) is 0 Å². The Balaban J connectivity index is 2.46. The molecule has 0 N–H and O–H groups in total. The lowest BCUT2D eigenvalue weighted by atomic mass is 10.2. The minimum atomic E-state index is 0.567. The van der Waals surface area contributed by atoms with Gasteiger partial charge in [0.25, 0.3) is 0 Å². The zero-order valence-electron chi connectivity index (χ0n) is 9.95. The largest absolute Gasteiger partial charge is 0.331 e. The van der Waals surface area contributed by atoms with Crippen molar-refractivity contribution in [2.75, 3.05) is 0 Å². The number of carbonyl (C=O) groups excluding carboxylic acids is 1. The van der Waals surface area contributed by atoms with Crippen LogP contribution in [0.15, 0.2) is 24.3 Å². The summed E-state index contributed by atoms with van der Waals surface area (Å²) in [4.78, 5) is 11.1. The Hall–Kier alpha value is -1.28. The zero-order valence-corrected chi connectivity index (χ0v) is 10.7. The maximum Gasteiger partial charge on any atom is 0.153 e. The molecule has 0 radical (unpaired) electrons. The van der Waals surface area contributed by atoms with Crippen LogP contribution in [0.4, 0.5) is 0 Å². The monoisotopic (exact) mass is 249 g/mol. The predicted molar refractivity (Wildman–Crippen MR) is 71.9 cm³/mol. The number of halogens is 1. The number of aromatic nitrogens is 1. The quantitative estimate of drug-likeness (QED) is 0.572. The van der Waals surface area contributed by atoms with Crippen LogP contribution in [0.1, 0.15) is 36.5 Å². The van der Waals surface area contributed by atoms with Crippen LogP contribution >= 0.6 is 11.6 Å². The van der Waals surface area contributed by atoms with Crippen LogP contribution in [0.25, 0.3) is 10.9 Å². The number of para-hydroxylation sites is 1. The molecule has 0 aliphatic rings. The van der Waals surface area contributed by atoms with Crippen molar-refractivity contribution in [3.8, 4) is 0 Å². The number of aldehydes is 1. The number of hydrogen-bond donors (Lipinski definition) is 0. The van der Waals surface area contributed by atoms with Crippen molar-refractivity contribution in [1.29, 1.82) is 0 Å². The fraction of sp³-hybridized carbons (Fsp3) is 0.357. The van der Waals surface area contributed by atoms with Gasteiger partial charge in [-0.15, -0.1) is 0 Å². The van der Waals surface area contributed by atoms with Gasteiger partial charge in [0, 0.05) is 17.4 Å². The van der Waals surface area contributed by atoms with Crippen LogP contribution in [-0.2, 0) is 6.54 Å². The van der Waals surface area contributed by atoms with E-state index in [2.05, 4.69) is 6.92 Å². The normalized spacial score (nSPS) is 10.9. The smallest absolute Gasteiger partial charge is 0.153 e. The molecule has 0 spiro atoms. The van der Waals surface area contributed by atoms with Gasteiger partial charge in [-0.2, -0.15) is 0 Å². The molecule has 1 aromatic carbocycles. The van der Waals surface area contributed by atoms with Crippen molar-refractivity contribution in [2.45, 2.75) is 32.7 Å².